The zero-order chi connectivity index (χ0) is 13.1. The lowest BCUT2D eigenvalue weighted by molar-refractivity contribution is 0.0695. The second kappa shape index (κ2) is 4.97. The molecule has 18 heavy (non-hydrogen) atoms. The lowest BCUT2D eigenvalue weighted by Gasteiger charge is -2.05. The molecule has 5 nitrogen and oxygen atoms in total. The Balaban J connectivity index is 2.21. The molecule has 0 aromatic carbocycles. The molecule has 2 rings (SSSR count). The second-order valence-corrected chi connectivity index (χ2v) is 4.38. The van der Waals surface area contributed by atoms with Gasteiger partial charge >= 0.3 is 5.97 Å². The quantitative estimate of drug-likeness (QED) is 0.890. The van der Waals surface area contributed by atoms with E-state index in [1.807, 2.05) is 5.38 Å². The summed E-state index contributed by atoms with van der Waals surface area (Å²) in [6.45, 7) is 1.56. The van der Waals surface area contributed by atoms with E-state index in [1.165, 1.54) is 23.5 Å². The number of thiophene rings is 1. The van der Waals surface area contributed by atoms with Crippen LogP contribution in [-0.4, -0.2) is 22.0 Å². The topological polar surface area (TPSA) is 79.3 Å². The van der Waals surface area contributed by atoms with Crippen molar-refractivity contribution in [2.45, 2.75) is 6.92 Å². The van der Waals surface area contributed by atoms with Crippen molar-refractivity contribution >= 4 is 28.9 Å². The summed E-state index contributed by atoms with van der Waals surface area (Å²) in [6, 6.07) is 4.56. The SMILES string of the molecule is Cc1nc(C(=O)Nc2ccsc2)ccc1C(=O)O. The molecule has 2 aromatic heterocycles. The number of carbonyl (C=O) groups is 2. The van der Waals surface area contributed by atoms with Crippen LogP contribution < -0.4 is 5.32 Å². The van der Waals surface area contributed by atoms with E-state index in [-0.39, 0.29) is 17.2 Å². The van der Waals surface area contributed by atoms with Gasteiger partial charge in [0.15, 0.2) is 0 Å². The number of anilines is 1. The predicted octanol–water partition coefficient (Wildman–Crippen LogP) is 2.40. The van der Waals surface area contributed by atoms with Crippen molar-refractivity contribution in [3.63, 3.8) is 0 Å². The minimum absolute atomic E-state index is 0.0992. The Morgan fingerprint density at radius 1 is 1.33 bits per heavy atom. The van der Waals surface area contributed by atoms with Gasteiger partial charge in [0.05, 0.1) is 16.9 Å². The molecular formula is C12H10N2O3S. The van der Waals surface area contributed by atoms with Crippen molar-refractivity contribution in [2.24, 2.45) is 0 Å². The molecule has 6 heteroatoms. The summed E-state index contributed by atoms with van der Waals surface area (Å²) in [5, 5.41) is 15.2. The molecular weight excluding hydrogens is 252 g/mol. The van der Waals surface area contributed by atoms with Gasteiger partial charge in [-0.05, 0) is 30.5 Å². The highest BCUT2D eigenvalue weighted by molar-refractivity contribution is 7.08. The van der Waals surface area contributed by atoms with Crippen LogP contribution in [0.3, 0.4) is 0 Å². The maximum Gasteiger partial charge on any atom is 0.337 e. The summed E-state index contributed by atoms with van der Waals surface area (Å²) in [6.07, 6.45) is 0. The number of hydrogen-bond donors (Lipinski definition) is 2. The molecule has 0 spiro atoms. The third-order valence-corrected chi connectivity index (χ3v) is 3.01. The lowest BCUT2D eigenvalue weighted by Crippen LogP contribution is -2.15. The van der Waals surface area contributed by atoms with E-state index in [0.29, 0.717) is 11.4 Å². The van der Waals surface area contributed by atoms with Gasteiger partial charge in [0, 0.05) is 5.38 Å². The molecule has 1 amide bonds. The number of aromatic nitrogens is 1. The molecule has 0 atom stereocenters. The maximum atomic E-state index is 11.8. The van der Waals surface area contributed by atoms with E-state index in [2.05, 4.69) is 10.3 Å². The average molecular weight is 262 g/mol. The van der Waals surface area contributed by atoms with Gasteiger partial charge < -0.3 is 10.4 Å². The number of carbonyl (C=O) groups excluding carboxylic acids is 1. The summed E-state index contributed by atoms with van der Waals surface area (Å²) < 4.78 is 0. The summed E-state index contributed by atoms with van der Waals surface area (Å²) >= 11 is 1.47. The fourth-order valence-electron chi connectivity index (χ4n) is 1.44. The van der Waals surface area contributed by atoms with Crippen molar-refractivity contribution in [3.8, 4) is 0 Å². The second-order valence-electron chi connectivity index (χ2n) is 3.60. The lowest BCUT2D eigenvalue weighted by atomic mass is 10.2. The summed E-state index contributed by atoms with van der Waals surface area (Å²) in [7, 11) is 0. The number of nitrogens with zero attached hydrogens (tertiary/aromatic N) is 1. The number of aryl methyl sites for hydroxylation is 1. The van der Waals surface area contributed by atoms with Crippen molar-refractivity contribution < 1.29 is 14.7 Å². The molecule has 0 saturated carbocycles. The van der Waals surface area contributed by atoms with Crippen molar-refractivity contribution in [3.05, 3.63) is 45.9 Å². The van der Waals surface area contributed by atoms with Gasteiger partial charge in [0.25, 0.3) is 5.91 Å². The molecule has 2 heterocycles. The van der Waals surface area contributed by atoms with Crippen LogP contribution in [0.2, 0.25) is 0 Å². The first-order valence-electron chi connectivity index (χ1n) is 5.12. The Bertz CT molecular complexity index is 593. The molecule has 0 aliphatic carbocycles. The van der Waals surface area contributed by atoms with Gasteiger partial charge in [-0.15, -0.1) is 0 Å². The third kappa shape index (κ3) is 2.54. The highest BCUT2D eigenvalue weighted by Crippen LogP contribution is 2.14. The van der Waals surface area contributed by atoms with Crippen LogP contribution >= 0.6 is 11.3 Å². The number of carboxylic acid groups (broad SMARTS) is 1. The molecule has 92 valence electrons. The van der Waals surface area contributed by atoms with Crippen LogP contribution in [0.1, 0.15) is 26.5 Å². The highest BCUT2D eigenvalue weighted by Gasteiger charge is 2.13. The van der Waals surface area contributed by atoms with Crippen LogP contribution in [0.15, 0.2) is 29.0 Å². The van der Waals surface area contributed by atoms with Gasteiger partial charge in [-0.25, -0.2) is 9.78 Å². The predicted molar refractivity (Wildman–Crippen MR) is 68.2 cm³/mol. The number of amides is 1. The Morgan fingerprint density at radius 2 is 2.11 bits per heavy atom. The number of carboxylic acids is 1. The fourth-order valence-corrected chi connectivity index (χ4v) is 2.03. The summed E-state index contributed by atoms with van der Waals surface area (Å²) in [5.74, 6) is -1.40. The Morgan fingerprint density at radius 3 is 2.67 bits per heavy atom. The van der Waals surface area contributed by atoms with Gasteiger partial charge in [-0.1, -0.05) is 0 Å². The monoisotopic (exact) mass is 262 g/mol. The summed E-state index contributed by atoms with van der Waals surface area (Å²) in [5.41, 5.74) is 1.32. The van der Waals surface area contributed by atoms with Gasteiger partial charge in [0.1, 0.15) is 5.69 Å². The normalized spacial score (nSPS) is 10.1. The molecule has 2 N–H and O–H groups in total. The molecule has 0 fully saturated rings. The average Bonchev–Trinajstić information content (AvgIpc) is 2.81. The number of aromatic carboxylic acids is 1. The van der Waals surface area contributed by atoms with Gasteiger partial charge in [-0.3, -0.25) is 4.79 Å². The maximum absolute atomic E-state index is 11.8. The first kappa shape index (κ1) is 12.3. The molecule has 0 saturated heterocycles. The van der Waals surface area contributed by atoms with E-state index < -0.39 is 5.97 Å². The fraction of sp³-hybridized carbons (Fsp3) is 0.0833. The van der Waals surface area contributed by atoms with E-state index in [9.17, 15) is 9.59 Å². The van der Waals surface area contributed by atoms with Gasteiger partial charge in [-0.2, -0.15) is 11.3 Å². The van der Waals surface area contributed by atoms with Crippen LogP contribution in [0.5, 0.6) is 0 Å². The summed E-state index contributed by atoms with van der Waals surface area (Å²) in [4.78, 5) is 26.6. The van der Waals surface area contributed by atoms with Gasteiger partial charge in [0.2, 0.25) is 0 Å². The van der Waals surface area contributed by atoms with E-state index in [4.69, 9.17) is 5.11 Å². The number of pyridine rings is 1. The number of rotatable bonds is 3. The molecule has 0 aliphatic rings. The van der Waals surface area contributed by atoms with Crippen LogP contribution in [-0.2, 0) is 0 Å². The third-order valence-electron chi connectivity index (χ3n) is 2.33. The first-order chi connectivity index (χ1) is 8.58. The van der Waals surface area contributed by atoms with Crippen molar-refractivity contribution in [2.75, 3.05) is 5.32 Å². The standard InChI is InChI=1S/C12H10N2O3S/c1-7-9(12(16)17)2-3-10(13-7)11(15)14-8-4-5-18-6-8/h2-6H,1H3,(H,14,15)(H,16,17). The van der Waals surface area contributed by atoms with Crippen molar-refractivity contribution in [1.29, 1.82) is 0 Å². The minimum atomic E-state index is -1.05. The zero-order valence-electron chi connectivity index (χ0n) is 9.51. The van der Waals surface area contributed by atoms with Crippen LogP contribution in [0, 0.1) is 6.92 Å². The minimum Gasteiger partial charge on any atom is -0.478 e. The van der Waals surface area contributed by atoms with E-state index >= 15 is 0 Å². The van der Waals surface area contributed by atoms with Crippen LogP contribution in [0.4, 0.5) is 5.69 Å². The van der Waals surface area contributed by atoms with E-state index in [1.54, 1.807) is 18.4 Å². The Labute approximate surface area is 107 Å². The Kier molecular flexibility index (Phi) is 3.38. The molecule has 0 aliphatic heterocycles. The largest absolute Gasteiger partial charge is 0.478 e. The highest BCUT2D eigenvalue weighted by atomic mass is 32.1. The molecule has 0 unspecified atom stereocenters. The number of nitrogens with one attached hydrogen (secondary N) is 1. The van der Waals surface area contributed by atoms with Crippen LogP contribution in [0.25, 0.3) is 0 Å². The number of hydrogen-bond acceptors (Lipinski definition) is 4. The molecule has 2 aromatic rings. The van der Waals surface area contributed by atoms with Crippen molar-refractivity contribution in [1.82, 2.24) is 4.98 Å². The zero-order valence-corrected chi connectivity index (χ0v) is 10.3. The molecule has 0 bridgehead atoms. The molecule has 0 radical (unpaired) electrons. The first-order valence-corrected chi connectivity index (χ1v) is 6.06. The van der Waals surface area contributed by atoms with E-state index in [0.717, 1.165) is 0 Å². The smallest absolute Gasteiger partial charge is 0.337 e. The Hall–Kier alpha value is -2.21.